The van der Waals surface area contributed by atoms with E-state index >= 15 is 0 Å². The monoisotopic (exact) mass is 427 g/mol. The van der Waals surface area contributed by atoms with Gasteiger partial charge in [-0.3, -0.25) is 0 Å². The summed E-state index contributed by atoms with van der Waals surface area (Å²) in [5.41, 5.74) is -2.62. The Labute approximate surface area is 171 Å². The minimum atomic E-state index is -0.882. The van der Waals surface area contributed by atoms with Crippen molar-refractivity contribution >= 4 is 5.97 Å². The highest BCUT2D eigenvalue weighted by Gasteiger charge is 2.16. The lowest BCUT2D eigenvalue weighted by Crippen LogP contribution is -2.55. The van der Waals surface area contributed by atoms with Gasteiger partial charge in [-0.25, -0.2) is 52.4 Å². The van der Waals surface area contributed by atoms with Crippen LogP contribution in [0.3, 0.4) is 0 Å². The number of rotatable bonds is 16. The van der Waals surface area contributed by atoms with Crippen LogP contribution < -0.4 is 17.1 Å². The summed E-state index contributed by atoms with van der Waals surface area (Å²) in [5.74, 6) is -0.711. The fourth-order valence-corrected chi connectivity index (χ4v) is 2.12. The molecule has 1 heterocycles. The molecule has 0 fully saturated rings. The highest BCUT2D eigenvalue weighted by Crippen LogP contribution is 1.86. The zero-order valence-electron chi connectivity index (χ0n) is 16.5. The second-order valence-corrected chi connectivity index (χ2v) is 5.46. The SMILES string of the molecule is C=CCOOCCn1c(=O)n(CCOOCC=C)c(=O)n(CCOC(=O)C=C)c1=O. The second kappa shape index (κ2) is 14.0. The minimum absolute atomic E-state index is 0.120. The van der Waals surface area contributed by atoms with Crippen LogP contribution in [0.25, 0.3) is 0 Å². The van der Waals surface area contributed by atoms with Crippen LogP contribution in [0.4, 0.5) is 0 Å². The van der Waals surface area contributed by atoms with Gasteiger partial charge < -0.3 is 4.74 Å². The van der Waals surface area contributed by atoms with E-state index < -0.39 is 23.0 Å². The Morgan fingerprint density at radius 3 is 1.47 bits per heavy atom. The molecule has 0 N–H and O–H groups in total. The molecule has 0 unspecified atom stereocenters. The third-order valence-electron chi connectivity index (χ3n) is 3.45. The molecule has 0 amide bonds. The summed E-state index contributed by atoms with van der Waals surface area (Å²) >= 11 is 0. The van der Waals surface area contributed by atoms with Crippen molar-refractivity contribution in [2.75, 3.05) is 33.0 Å². The van der Waals surface area contributed by atoms with Crippen LogP contribution in [-0.4, -0.2) is 52.7 Å². The Bertz CT molecular complexity index is 841. The molecule has 1 rings (SSSR count). The molecular formula is C18H25N3O9. The molecule has 0 bridgehead atoms. The Hall–Kier alpha value is -3.06. The third kappa shape index (κ3) is 7.75. The number of aromatic nitrogens is 3. The summed E-state index contributed by atoms with van der Waals surface area (Å²) in [4.78, 5) is 68.2. The van der Waals surface area contributed by atoms with Gasteiger partial charge >= 0.3 is 23.0 Å². The van der Waals surface area contributed by atoms with Gasteiger partial charge in [-0.05, 0) is 0 Å². The van der Waals surface area contributed by atoms with Crippen LogP contribution in [0, 0.1) is 0 Å². The number of carbonyl (C=O) groups excluding carboxylic acids is 1. The van der Waals surface area contributed by atoms with Crippen molar-refractivity contribution in [2.45, 2.75) is 19.6 Å². The molecule has 0 saturated heterocycles. The third-order valence-corrected chi connectivity index (χ3v) is 3.45. The predicted molar refractivity (Wildman–Crippen MR) is 105 cm³/mol. The molecule has 0 aromatic carbocycles. The Balaban J connectivity index is 3.09. The van der Waals surface area contributed by atoms with Gasteiger partial charge in [0.25, 0.3) is 0 Å². The maximum absolute atomic E-state index is 12.6. The smallest absolute Gasteiger partial charge is 0.336 e. The average Bonchev–Trinajstić information content (AvgIpc) is 2.74. The molecule has 30 heavy (non-hydrogen) atoms. The molecule has 0 saturated carbocycles. The zero-order chi connectivity index (χ0) is 22.4. The predicted octanol–water partition coefficient (Wildman–Crippen LogP) is -0.831. The molecule has 166 valence electrons. The van der Waals surface area contributed by atoms with E-state index in [-0.39, 0.29) is 52.7 Å². The van der Waals surface area contributed by atoms with Gasteiger partial charge in [-0.2, -0.15) is 0 Å². The standard InChI is InChI=1S/C18H25N3O9/c1-4-10-27-29-13-8-20-16(23)19(7-12-26-15(22)6-3)17(24)21(18(20)25)9-14-30-28-11-5-2/h4-6H,1-3,7-14H2. The van der Waals surface area contributed by atoms with Gasteiger partial charge in [0.05, 0.1) is 19.6 Å². The summed E-state index contributed by atoms with van der Waals surface area (Å²) in [5, 5.41) is 0. The van der Waals surface area contributed by atoms with Gasteiger partial charge in [-0.15, -0.1) is 13.2 Å². The Kier molecular flexibility index (Phi) is 11.7. The van der Waals surface area contributed by atoms with Crippen molar-refractivity contribution in [1.82, 2.24) is 13.7 Å². The number of ether oxygens (including phenoxy) is 1. The van der Waals surface area contributed by atoms with Gasteiger partial charge in [0.1, 0.15) is 33.0 Å². The van der Waals surface area contributed by atoms with Crippen LogP contribution in [0.1, 0.15) is 0 Å². The molecule has 0 aliphatic carbocycles. The summed E-state index contributed by atoms with van der Waals surface area (Å²) in [6.45, 7) is 9.23. The van der Waals surface area contributed by atoms with Crippen molar-refractivity contribution in [2.24, 2.45) is 0 Å². The number of hydrogen-bond donors (Lipinski definition) is 0. The molecular weight excluding hydrogens is 402 g/mol. The molecule has 12 nitrogen and oxygen atoms in total. The molecule has 1 aromatic heterocycles. The Morgan fingerprint density at radius 1 is 0.700 bits per heavy atom. The van der Waals surface area contributed by atoms with Gasteiger partial charge in [0.15, 0.2) is 0 Å². The second-order valence-electron chi connectivity index (χ2n) is 5.46. The lowest BCUT2D eigenvalue weighted by molar-refractivity contribution is -0.288. The molecule has 12 heteroatoms. The molecule has 0 spiro atoms. The lowest BCUT2D eigenvalue weighted by Gasteiger charge is -2.14. The fourth-order valence-electron chi connectivity index (χ4n) is 2.12. The number of nitrogens with zero attached hydrogens (tertiary/aromatic N) is 3. The van der Waals surface area contributed by atoms with E-state index in [4.69, 9.17) is 24.3 Å². The van der Waals surface area contributed by atoms with Crippen molar-refractivity contribution in [1.29, 1.82) is 0 Å². The van der Waals surface area contributed by atoms with E-state index in [2.05, 4.69) is 19.7 Å². The first-order chi connectivity index (χ1) is 14.5. The van der Waals surface area contributed by atoms with Crippen LogP contribution in [0.15, 0.2) is 52.3 Å². The van der Waals surface area contributed by atoms with Crippen LogP contribution >= 0.6 is 0 Å². The summed E-state index contributed by atoms with van der Waals surface area (Å²) in [6.07, 6.45) is 3.86. The van der Waals surface area contributed by atoms with E-state index in [9.17, 15) is 19.2 Å². The highest BCUT2D eigenvalue weighted by atomic mass is 17.2. The maximum Gasteiger partial charge on any atom is 0.336 e. The molecule has 1 aromatic rings. The normalized spacial score (nSPS) is 10.5. The molecule has 0 aliphatic heterocycles. The number of esters is 1. The first kappa shape index (κ1) is 25.0. The van der Waals surface area contributed by atoms with E-state index in [1.807, 2.05) is 0 Å². The van der Waals surface area contributed by atoms with E-state index in [0.717, 1.165) is 19.8 Å². The minimum Gasteiger partial charge on any atom is -0.461 e. The van der Waals surface area contributed by atoms with Gasteiger partial charge in [0.2, 0.25) is 0 Å². The van der Waals surface area contributed by atoms with E-state index in [1.54, 1.807) is 0 Å². The van der Waals surface area contributed by atoms with Gasteiger partial charge in [-0.1, -0.05) is 18.7 Å². The first-order valence-corrected chi connectivity index (χ1v) is 8.92. The van der Waals surface area contributed by atoms with Crippen molar-refractivity contribution in [3.05, 3.63) is 69.4 Å². The number of carbonyl (C=O) groups is 1. The van der Waals surface area contributed by atoms with Crippen LogP contribution in [0.2, 0.25) is 0 Å². The molecule has 0 aliphatic rings. The Morgan fingerprint density at radius 2 is 1.10 bits per heavy atom. The van der Waals surface area contributed by atoms with Crippen LogP contribution in [0.5, 0.6) is 0 Å². The quantitative estimate of drug-likeness (QED) is 0.0829. The topological polar surface area (TPSA) is 129 Å². The summed E-state index contributed by atoms with van der Waals surface area (Å²) in [7, 11) is 0. The number of hydrogen-bond acceptors (Lipinski definition) is 9. The summed E-state index contributed by atoms with van der Waals surface area (Å²) in [6, 6.07) is 0. The van der Waals surface area contributed by atoms with E-state index in [1.165, 1.54) is 12.2 Å². The van der Waals surface area contributed by atoms with Crippen molar-refractivity contribution in [3.8, 4) is 0 Å². The van der Waals surface area contributed by atoms with Crippen LogP contribution in [-0.2, 0) is 48.7 Å². The molecule has 0 atom stereocenters. The average molecular weight is 427 g/mol. The molecule has 0 radical (unpaired) electrons. The first-order valence-electron chi connectivity index (χ1n) is 8.92. The van der Waals surface area contributed by atoms with Gasteiger partial charge in [0, 0.05) is 6.08 Å². The highest BCUT2D eigenvalue weighted by molar-refractivity contribution is 5.81. The lowest BCUT2D eigenvalue weighted by atomic mass is 10.5. The largest absolute Gasteiger partial charge is 0.461 e. The van der Waals surface area contributed by atoms with E-state index in [0.29, 0.717) is 0 Å². The fraction of sp³-hybridized carbons (Fsp3) is 0.444. The summed E-state index contributed by atoms with van der Waals surface area (Å²) < 4.78 is 7.18. The van der Waals surface area contributed by atoms with Crippen molar-refractivity contribution in [3.63, 3.8) is 0 Å². The zero-order valence-corrected chi connectivity index (χ0v) is 16.5. The maximum atomic E-state index is 12.6. The van der Waals surface area contributed by atoms with Crippen molar-refractivity contribution < 1.29 is 29.1 Å².